The molecule has 13 nitrogen and oxygen atoms in total. The molecule has 0 bridgehead atoms. The van der Waals surface area contributed by atoms with Gasteiger partial charge in [0, 0.05) is 33.8 Å². The molecule has 33 heavy (non-hydrogen) atoms. The van der Waals surface area contributed by atoms with Crippen LogP contribution < -0.4 is 4.74 Å². The fraction of sp³-hybridized carbons (Fsp3) is 0.500. The lowest BCUT2D eigenvalue weighted by Gasteiger charge is -2.43. The molecular formula is C20H23NO12. The zero-order chi connectivity index (χ0) is 24.7. The maximum Gasteiger partial charge on any atom is 0.311 e. The number of carbonyl (C=O) groups is 4. The number of nitrogens with zero attached hydrogens (tertiary/aromatic N) is 1. The molecule has 0 unspecified atom stereocenters. The minimum Gasteiger partial charge on any atom is -0.463 e. The minimum absolute atomic E-state index is 0.233. The van der Waals surface area contributed by atoms with Gasteiger partial charge in [0.2, 0.25) is 12.4 Å². The van der Waals surface area contributed by atoms with Crippen molar-refractivity contribution >= 4 is 29.6 Å². The zero-order valence-corrected chi connectivity index (χ0v) is 18.2. The van der Waals surface area contributed by atoms with Crippen LogP contribution in [0.5, 0.6) is 5.75 Å². The number of hydrogen-bond donors (Lipinski definition) is 0. The van der Waals surface area contributed by atoms with Crippen molar-refractivity contribution in [2.75, 3.05) is 6.61 Å². The summed E-state index contributed by atoms with van der Waals surface area (Å²) in [6.45, 7) is 3.91. The fourth-order valence-electron chi connectivity index (χ4n) is 3.12. The van der Waals surface area contributed by atoms with E-state index >= 15 is 0 Å². The lowest BCUT2D eigenvalue weighted by Crippen LogP contribution is -2.63. The molecule has 1 heterocycles. The summed E-state index contributed by atoms with van der Waals surface area (Å²) in [5, 5.41) is 11.4. The van der Waals surface area contributed by atoms with E-state index in [1.54, 1.807) is 0 Å². The van der Waals surface area contributed by atoms with Gasteiger partial charge in [-0.15, -0.1) is 0 Å². The average molecular weight is 469 g/mol. The Kier molecular flexibility index (Phi) is 8.68. The highest BCUT2D eigenvalue weighted by molar-refractivity contribution is 5.68. The van der Waals surface area contributed by atoms with E-state index in [-0.39, 0.29) is 5.75 Å². The van der Waals surface area contributed by atoms with Gasteiger partial charge >= 0.3 is 29.6 Å². The number of esters is 4. The molecule has 1 saturated heterocycles. The van der Waals surface area contributed by atoms with Gasteiger partial charge in [-0.2, -0.15) is 0 Å². The Morgan fingerprint density at radius 2 is 1.42 bits per heavy atom. The summed E-state index contributed by atoms with van der Waals surface area (Å²) in [6.07, 6.45) is -7.10. The molecule has 1 aromatic rings. The lowest BCUT2D eigenvalue weighted by atomic mass is 9.98. The maximum atomic E-state index is 11.8. The Balaban J connectivity index is 2.51. The molecule has 180 valence electrons. The first kappa shape index (κ1) is 25.5. The van der Waals surface area contributed by atoms with Crippen LogP contribution in [0.2, 0.25) is 0 Å². The van der Waals surface area contributed by atoms with Crippen molar-refractivity contribution in [2.45, 2.75) is 58.4 Å². The number of benzene rings is 1. The fourth-order valence-corrected chi connectivity index (χ4v) is 3.12. The third-order valence-electron chi connectivity index (χ3n) is 4.25. The summed E-state index contributed by atoms with van der Waals surface area (Å²) in [4.78, 5) is 57.3. The normalized spacial score (nSPS) is 24.2. The number of hydrogen-bond acceptors (Lipinski definition) is 12. The van der Waals surface area contributed by atoms with Gasteiger partial charge in [-0.05, 0) is 6.07 Å². The SMILES string of the molecule is CC(=O)OC[C@H]1O[C@@H](Oc2ccccc2[N+](=O)[O-])[C@@H](OC(C)=O)[C@@H](OC(C)=O)[C@@H]1OC(C)=O. The van der Waals surface area contributed by atoms with Crippen LogP contribution in [0.3, 0.4) is 0 Å². The smallest absolute Gasteiger partial charge is 0.311 e. The molecule has 5 atom stereocenters. The third-order valence-corrected chi connectivity index (χ3v) is 4.25. The van der Waals surface area contributed by atoms with Crippen molar-refractivity contribution in [3.05, 3.63) is 34.4 Å². The number of nitro benzene ring substituents is 1. The average Bonchev–Trinajstić information content (AvgIpc) is 2.70. The molecule has 1 aliphatic rings. The van der Waals surface area contributed by atoms with Crippen LogP contribution >= 0.6 is 0 Å². The number of nitro groups is 1. The number of para-hydroxylation sites is 2. The van der Waals surface area contributed by atoms with Gasteiger partial charge in [0.1, 0.15) is 12.7 Å². The van der Waals surface area contributed by atoms with Crippen LogP contribution in [0.4, 0.5) is 5.69 Å². The first-order valence-electron chi connectivity index (χ1n) is 9.70. The summed E-state index contributed by atoms with van der Waals surface area (Å²) >= 11 is 0. The van der Waals surface area contributed by atoms with E-state index in [0.717, 1.165) is 27.7 Å². The minimum atomic E-state index is -1.56. The van der Waals surface area contributed by atoms with E-state index < -0.39 is 71.8 Å². The van der Waals surface area contributed by atoms with Gasteiger partial charge in [0.25, 0.3) is 0 Å². The van der Waals surface area contributed by atoms with Crippen molar-refractivity contribution in [3.8, 4) is 5.75 Å². The molecule has 0 saturated carbocycles. The Morgan fingerprint density at radius 1 is 0.879 bits per heavy atom. The zero-order valence-electron chi connectivity index (χ0n) is 18.2. The van der Waals surface area contributed by atoms with Crippen LogP contribution in [0.15, 0.2) is 24.3 Å². The Morgan fingerprint density at radius 3 is 1.97 bits per heavy atom. The lowest BCUT2D eigenvalue weighted by molar-refractivity contribution is -0.387. The number of carbonyl (C=O) groups excluding carboxylic acids is 4. The van der Waals surface area contributed by atoms with Crippen molar-refractivity contribution < 1.29 is 52.5 Å². The van der Waals surface area contributed by atoms with Crippen LogP contribution in [-0.2, 0) is 42.9 Å². The monoisotopic (exact) mass is 469 g/mol. The highest BCUT2D eigenvalue weighted by Gasteiger charge is 2.53. The number of rotatable bonds is 8. The van der Waals surface area contributed by atoms with Gasteiger partial charge in [0.05, 0.1) is 4.92 Å². The van der Waals surface area contributed by atoms with E-state index in [0.29, 0.717) is 0 Å². The van der Waals surface area contributed by atoms with Gasteiger partial charge in [-0.25, -0.2) is 0 Å². The predicted molar refractivity (Wildman–Crippen MR) is 106 cm³/mol. The van der Waals surface area contributed by atoms with Gasteiger partial charge in [-0.1, -0.05) is 12.1 Å². The Bertz CT molecular complexity index is 916. The molecule has 1 aromatic carbocycles. The molecule has 0 amide bonds. The standard InChI is InChI=1S/C20H23NO12/c1-10(22)28-9-16-17(29-11(2)23)18(30-12(3)24)19(31-13(4)25)20(33-16)32-15-8-6-5-7-14(15)21(26)27/h5-8,16-20H,9H2,1-4H3/t16-,17-,18+,19+,20-/m1/s1. The Labute approximate surface area is 188 Å². The van der Waals surface area contributed by atoms with E-state index in [1.807, 2.05) is 0 Å². The largest absolute Gasteiger partial charge is 0.463 e. The number of ether oxygens (including phenoxy) is 6. The second-order valence-corrected chi connectivity index (χ2v) is 6.91. The molecule has 1 aliphatic heterocycles. The van der Waals surface area contributed by atoms with Crippen molar-refractivity contribution in [3.63, 3.8) is 0 Å². The topological polar surface area (TPSA) is 167 Å². The molecule has 2 rings (SSSR count). The van der Waals surface area contributed by atoms with Crippen LogP contribution in [-0.4, -0.2) is 66.1 Å². The Hall–Kier alpha value is -3.74. The predicted octanol–water partition coefficient (Wildman–Crippen LogP) is 1.06. The summed E-state index contributed by atoms with van der Waals surface area (Å²) in [5.41, 5.74) is -0.412. The second kappa shape index (κ2) is 11.2. The molecule has 0 N–H and O–H groups in total. The molecule has 0 aliphatic carbocycles. The quantitative estimate of drug-likeness (QED) is 0.230. The van der Waals surface area contributed by atoms with Gasteiger partial charge in [0.15, 0.2) is 18.0 Å². The van der Waals surface area contributed by atoms with Crippen molar-refractivity contribution in [1.82, 2.24) is 0 Å². The van der Waals surface area contributed by atoms with E-state index in [4.69, 9.17) is 28.4 Å². The highest BCUT2D eigenvalue weighted by Crippen LogP contribution is 2.34. The maximum absolute atomic E-state index is 11.8. The van der Waals surface area contributed by atoms with E-state index in [1.165, 1.54) is 24.3 Å². The van der Waals surface area contributed by atoms with Gasteiger partial charge in [-0.3, -0.25) is 29.3 Å². The van der Waals surface area contributed by atoms with Crippen LogP contribution in [0, 0.1) is 10.1 Å². The molecule has 0 spiro atoms. The second-order valence-electron chi connectivity index (χ2n) is 6.91. The van der Waals surface area contributed by atoms with E-state index in [2.05, 4.69) is 0 Å². The van der Waals surface area contributed by atoms with Crippen molar-refractivity contribution in [2.24, 2.45) is 0 Å². The summed E-state index contributed by atoms with van der Waals surface area (Å²) in [5.74, 6) is -3.33. The van der Waals surface area contributed by atoms with Gasteiger partial charge < -0.3 is 28.4 Å². The first-order valence-corrected chi connectivity index (χ1v) is 9.70. The molecule has 0 aromatic heterocycles. The third kappa shape index (κ3) is 7.14. The molecule has 13 heteroatoms. The summed E-state index contributed by atoms with van der Waals surface area (Å²) < 4.78 is 32.1. The summed E-state index contributed by atoms with van der Waals surface area (Å²) in [7, 11) is 0. The molecular weight excluding hydrogens is 446 g/mol. The molecule has 1 fully saturated rings. The van der Waals surface area contributed by atoms with Crippen molar-refractivity contribution in [1.29, 1.82) is 0 Å². The van der Waals surface area contributed by atoms with Crippen LogP contribution in [0.25, 0.3) is 0 Å². The first-order chi connectivity index (χ1) is 15.5. The molecule has 0 radical (unpaired) electrons. The van der Waals surface area contributed by atoms with E-state index in [9.17, 15) is 29.3 Å². The highest BCUT2D eigenvalue weighted by atomic mass is 16.7. The summed E-state index contributed by atoms with van der Waals surface area (Å²) in [6, 6.07) is 5.35. The van der Waals surface area contributed by atoms with Crippen LogP contribution in [0.1, 0.15) is 27.7 Å².